The van der Waals surface area contributed by atoms with Gasteiger partial charge in [-0.2, -0.15) is 0 Å². The molecule has 3 aromatic rings. The summed E-state index contributed by atoms with van der Waals surface area (Å²) in [5.74, 6) is 0.940. The molecule has 2 heterocycles. The molecule has 0 aliphatic heterocycles. The van der Waals surface area contributed by atoms with E-state index in [4.69, 9.17) is 4.74 Å². The molecule has 3 rings (SSSR count). The van der Waals surface area contributed by atoms with E-state index in [0.29, 0.717) is 6.42 Å². The minimum Gasteiger partial charge on any atom is -0.497 e. The zero-order chi connectivity index (χ0) is 19.6. The third kappa shape index (κ3) is 3.78. The molecule has 0 aliphatic rings. The molecule has 140 valence electrons. The van der Waals surface area contributed by atoms with Gasteiger partial charge in [0.25, 0.3) is 11.1 Å². The molecule has 0 aliphatic carbocycles. The van der Waals surface area contributed by atoms with Gasteiger partial charge in [0.2, 0.25) is 5.95 Å². The van der Waals surface area contributed by atoms with Crippen molar-refractivity contribution < 1.29 is 4.74 Å². The van der Waals surface area contributed by atoms with Crippen LogP contribution in [0.25, 0.3) is 0 Å². The van der Waals surface area contributed by atoms with Crippen LogP contribution < -0.4 is 26.9 Å². The standard InChI is InChI=1S/C17H18N6O4/c1-22-13(9-14(24)23(2)17(22)26)18-16-19-15(25)12(20-21-16)8-10-4-6-11(27-3)7-5-10/h4-7,9H,8H2,1-3H3,(H2,18,19,21,25). The number of rotatable bonds is 5. The van der Waals surface area contributed by atoms with Crippen LogP contribution in [0.2, 0.25) is 0 Å². The number of aromatic amines is 1. The Bertz CT molecular complexity index is 1140. The lowest BCUT2D eigenvalue weighted by Crippen LogP contribution is -2.37. The fourth-order valence-electron chi connectivity index (χ4n) is 2.44. The summed E-state index contributed by atoms with van der Waals surface area (Å²) in [6.07, 6.45) is 0.303. The Morgan fingerprint density at radius 2 is 1.78 bits per heavy atom. The molecule has 0 atom stereocenters. The average molecular weight is 370 g/mol. The van der Waals surface area contributed by atoms with Crippen molar-refractivity contribution in [1.29, 1.82) is 0 Å². The highest BCUT2D eigenvalue weighted by molar-refractivity contribution is 5.46. The van der Waals surface area contributed by atoms with Gasteiger partial charge in [0.15, 0.2) is 0 Å². The van der Waals surface area contributed by atoms with E-state index in [0.717, 1.165) is 15.9 Å². The molecule has 0 amide bonds. The highest BCUT2D eigenvalue weighted by Gasteiger charge is 2.10. The Labute approximate surface area is 153 Å². The van der Waals surface area contributed by atoms with E-state index >= 15 is 0 Å². The number of hydrogen-bond donors (Lipinski definition) is 2. The van der Waals surface area contributed by atoms with Gasteiger partial charge in [-0.05, 0) is 17.7 Å². The SMILES string of the molecule is COc1ccc(Cc2nnc(Nc3cc(=O)n(C)c(=O)n3C)[nH]c2=O)cc1. The van der Waals surface area contributed by atoms with Crippen molar-refractivity contribution in [2.45, 2.75) is 6.42 Å². The van der Waals surface area contributed by atoms with Gasteiger partial charge in [-0.15, -0.1) is 10.2 Å². The minimum absolute atomic E-state index is 0.0294. The Morgan fingerprint density at radius 3 is 2.41 bits per heavy atom. The van der Waals surface area contributed by atoms with E-state index in [1.54, 1.807) is 19.2 Å². The molecule has 0 saturated carbocycles. The van der Waals surface area contributed by atoms with Crippen molar-refractivity contribution in [2.24, 2.45) is 14.1 Å². The Balaban J connectivity index is 1.84. The molecule has 0 bridgehead atoms. The van der Waals surface area contributed by atoms with Crippen LogP contribution in [-0.4, -0.2) is 31.4 Å². The lowest BCUT2D eigenvalue weighted by molar-refractivity contribution is 0.414. The second kappa shape index (κ2) is 7.28. The summed E-state index contributed by atoms with van der Waals surface area (Å²) in [5, 5.41) is 10.6. The Morgan fingerprint density at radius 1 is 1.07 bits per heavy atom. The summed E-state index contributed by atoms with van der Waals surface area (Å²) in [6, 6.07) is 8.49. The first-order valence-corrected chi connectivity index (χ1v) is 8.02. The zero-order valence-electron chi connectivity index (χ0n) is 15.0. The number of anilines is 2. The fourth-order valence-corrected chi connectivity index (χ4v) is 2.44. The second-order valence-electron chi connectivity index (χ2n) is 5.87. The topological polar surface area (TPSA) is 124 Å². The molecule has 1 aromatic carbocycles. The fraction of sp³-hybridized carbons (Fsp3) is 0.235. The first kappa shape index (κ1) is 18.1. The number of methoxy groups -OCH3 is 1. The molecule has 10 heteroatoms. The van der Waals surface area contributed by atoms with E-state index < -0.39 is 16.8 Å². The molecule has 0 saturated heterocycles. The van der Waals surface area contributed by atoms with Crippen molar-refractivity contribution >= 4 is 11.8 Å². The van der Waals surface area contributed by atoms with E-state index in [2.05, 4.69) is 20.5 Å². The van der Waals surface area contributed by atoms with Crippen LogP contribution in [-0.2, 0) is 20.5 Å². The Kier molecular flexibility index (Phi) is 4.88. The van der Waals surface area contributed by atoms with Crippen molar-refractivity contribution in [3.8, 4) is 5.75 Å². The summed E-state index contributed by atoms with van der Waals surface area (Å²) in [7, 11) is 4.45. The van der Waals surface area contributed by atoms with Gasteiger partial charge in [-0.1, -0.05) is 12.1 Å². The lowest BCUT2D eigenvalue weighted by Gasteiger charge is -2.10. The second-order valence-corrected chi connectivity index (χ2v) is 5.87. The van der Waals surface area contributed by atoms with Crippen LogP contribution in [0.4, 0.5) is 11.8 Å². The molecule has 0 radical (unpaired) electrons. The molecular formula is C17H18N6O4. The van der Waals surface area contributed by atoms with Gasteiger partial charge in [0.05, 0.1) is 7.11 Å². The van der Waals surface area contributed by atoms with Crippen molar-refractivity contribution in [2.75, 3.05) is 12.4 Å². The van der Waals surface area contributed by atoms with Gasteiger partial charge in [-0.25, -0.2) is 4.79 Å². The van der Waals surface area contributed by atoms with Crippen molar-refractivity contribution in [3.63, 3.8) is 0 Å². The van der Waals surface area contributed by atoms with Crippen LogP contribution in [0.1, 0.15) is 11.3 Å². The number of hydrogen-bond acceptors (Lipinski definition) is 7. The molecule has 27 heavy (non-hydrogen) atoms. The highest BCUT2D eigenvalue weighted by atomic mass is 16.5. The molecule has 0 unspecified atom stereocenters. The van der Waals surface area contributed by atoms with E-state index in [9.17, 15) is 14.4 Å². The summed E-state index contributed by atoms with van der Waals surface area (Å²) in [6.45, 7) is 0. The number of H-pyrrole nitrogens is 1. The number of nitrogens with one attached hydrogen (secondary N) is 2. The number of ether oxygens (including phenoxy) is 1. The molecule has 2 N–H and O–H groups in total. The zero-order valence-corrected chi connectivity index (χ0v) is 15.0. The van der Waals surface area contributed by atoms with Crippen molar-refractivity contribution in [1.82, 2.24) is 24.3 Å². The van der Waals surface area contributed by atoms with Crippen LogP contribution in [0, 0.1) is 0 Å². The van der Waals surface area contributed by atoms with Crippen molar-refractivity contribution in [3.05, 3.63) is 72.8 Å². The summed E-state index contributed by atoms with van der Waals surface area (Å²) in [4.78, 5) is 38.5. The van der Waals surface area contributed by atoms with Gasteiger partial charge < -0.3 is 10.1 Å². The maximum Gasteiger partial charge on any atom is 0.332 e. The normalized spacial score (nSPS) is 10.6. The number of aromatic nitrogens is 5. The van der Waals surface area contributed by atoms with E-state index in [1.165, 1.54) is 24.7 Å². The number of benzene rings is 1. The maximum absolute atomic E-state index is 12.3. The molecule has 10 nitrogen and oxygen atoms in total. The van der Waals surface area contributed by atoms with E-state index in [-0.39, 0.29) is 17.5 Å². The summed E-state index contributed by atoms with van der Waals surface area (Å²) < 4.78 is 7.30. The predicted molar refractivity (Wildman–Crippen MR) is 98.7 cm³/mol. The van der Waals surface area contributed by atoms with Gasteiger partial charge in [0, 0.05) is 26.6 Å². The monoisotopic (exact) mass is 370 g/mol. The van der Waals surface area contributed by atoms with Crippen LogP contribution >= 0.6 is 0 Å². The van der Waals surface area contributed by atoms with Crippen LogP contribution in [0.5, 0.6) is 5.75 Å². The summed E-state index contributed by atoms with van der Waals surface area (Å²) in [5.41, 5.74) is -0.283. The van der Waals surface area contributed by atoms with E-state index in [1.807, 2.05) is 12.1 Å². The quantitative estimate of drug-likeness (QED) is 0.643. The minimum atomic E-state index is -0.503. The van der Waals surface area contributed by atoms with Gasteiger partial charge in [0.1, 0.15) is 17.3 Å². The molecule has 0 fully saturated rings. The average Bonchev–Trinajstić information content (AvgIpc) is 2.67. The first-order valence-electron chi connectivity index (χ1n) is 8.02. The van der Waals surface area contributed by atoms with Crippen LogP contribution in [0.15, 0.2) is 44.7 Å². The lowest BCUT2D eigenvalue weighted by atomic mass is 10.1. The molecule has 2 aromatic heterocycles. The van der Waals surface area contributed by atoms with Gasteiger partial charge >= 0.3 is 5.69 Å². The molecule has 0 spiro atoms. The van der Waals surface area contributed by atoms with Crippen LogP contribution in [0.3, 0.4) is 0 Å². The Hall–Kier alpha value is -3.69. The predicted octanol–water partition coefficient (Wildman–Crippen LogP) is -0.0947. The largest absolute Gasteiger partial charge is 0.497 e. The molecular weight excluding hydrogens is 352 g/mol. The number of nitrogens with zero attached hydrogens (tertiary/aromatic N) is 4. The summed E-state index contributed by atoms with van der Waals surface area (Å²) >= 11 is 0. The highest BCUT2D eigenvalue weighted by Crippen LogP contribution is 2.13. The third-order valence-corrected chi connectivity index (χ3v) is 4.07. The third-order valence-electron chi connectivity index (χ3n) is 4.07. The van der Waals surface area contributed by atoms with Gasteiger partial charge in [-0.3, -0.25) is 23.7 Å². The first-order chi connectivity index (χ1) is 12.9. The smallest absolute Gasteiger partial charge is 0.332 e. The maximum atomic E-state index is 12.3.